The van der Waals surface area contributed by atoms with Crippen molar-refractivity contribution in [1.82, 2.24) is 9.97 Å². The molecule has 0 saturated heterocycles. The molecule has 0 atom stereocenters. The molecule has 11 heavy (non-hydrogen) atoms. The third-order valence-electron chi connectivity index (χ3n) is 1.30. The van der Waals surface area contributed by atoms with Gasteiger partial charge in [0, 0.05) is 18.5 Å². The van der Waals surface area contributed by atoms with Crippen molar-refractivity contribution in [3.63, 3.8) is 0 Å². The molecule has 0 aromatic carbocycles. The minimum Gasteiger partial charge on any atom is -0.445 e. The van der Waals surface area contributed by atoms with E-state index in [0.717, 1.165) is 0 Å². The second kappa shape index (κ2) is 2.16. The second-order valence-corrected chi connectivity index (χ2v) is 1.99. The van der Waals surface area contributed by atoms with E-state index in [9.17, 15) is 4.79 Å². The molecule has 2 aromatic heterocycles. The highest BCUT2D eigenvalue weighted by molar-refractivity contribution is 5.65. The van der Waals surface area contributed by atoms with Gasteiger partial charge in [0.05, 0.1) is 6.26 Å². The minimum atomic E-state index is -0.167. The highest BCUT2D eigenvalue weighted by atomic mass is 16.3. The van der Waals surface area contributed by atoms with Crippen LogP contribution in [0.25, 0.3) is 11.2 Å². The van der Waals surface area contributed by atoms with Gasteiger partial charge in [0.15, 0.2) is 5.52 Å². The van der Waals surface area contributed by atoms with Crippen LogP contribution in [0.2, 0.25) is 0 Å². The van der Waals surface area contributed by atoms with Gasteiger partial charge in [-0.3, -0.25) is 4.79 Å². The molecule has 4 nitrogen and oxygen atoms in total. The number of hydrogen-bond acceptors (Lipinski definition) is 4. The fourth-order valence-corrected chi connectivity index (χ4v) is 0.820. The topological polar surface area (TPSA) is 56.0 Å². The van der Waals surface area contributed by atoms with Crippen LogP contribution in [0.1, 0.15) is 0 Å². The van der Waals surface area contributed by atoms with Gasteiger partial charge < -0.3 is 4.42 Å². The molecule has 0 amide bonds. The van der Waals surface area contributed by atoms with Crippen molar-refractivity contribution in [2.45, 2.75) is 0 Å². The van der Waals surface area contributed by atoms with Crippen molar-refractivity contribution >= 4 is 11.2 Å². The predicted octanol–water partition coefficient (Wildman–Crippen LogP) is 0.583. The van der Waals surface area contributed by atoms with Gasteiger partial charge in [-0.25, -0.2) is 9.97 Å². The Bertz CT molecular complexity index is 430. The van der Waals surface area contributed by atoms with E-state index in [1.807, 2.05) is 0 Å². The van der Waals surface area contributed by atoms with E-state index in [1.165, 1.54) is 24.7 Å². The Kier molecular flexibility index (Phi) is 1.18. The summed E-state index contributed by atoms with van der Waals surface area (Å²) < 4.78 is 4.92. The van der Waals surface area contributed by atoms with Crippen LogP contribution in [0, 0.1) is 0 Å². The first-order chi connectivity index (χ1) is 5.38. The largest absolute Gasteiger partial charge is 0.445 e. The van der Waals surface area contributed by atoms with Crippen molar-refractivity contribution in [2.75, 3.05) is 0 Å². The molecule has 4 heteroatoms. The molecule has 2 aromatic rings. The second-order valence-electron chi connectivity index (χ2n) is 1.99. The fourth-order valence-electron chi connectivity index (χ4n) is 0.820. The van der Waals surface area contributed by atoms with Gasteiger partial charge in [-0.1, -0.05) is 0 Å². The zero-order valence-electron chi connectivity index (χ0n) is 5.52. The summed E-state index contributed by atoms with van der Waals surface area (Å²) in [6.45, 7) is 0. The lowest BCUT2D eigenvalue weighted by Crippen LogP contribution is -2.00. The number of rotatable bonds is 0. The van der Waals surface area contributed by atoms with Crippen LogP contribution in [0.15, 0.2) is 33.9 Å². The first kappa shape index (κ1) is 6.03. The Morgan fingerprint density at radius 1 is 1.27 bits per heavy atom. The third-order valence-corrected chi connectivity index (χ3v) is 1.30. The zero-order valence-corrected chi connectivity index (χ0v) is 5.52. The van der Waals surface area contributed by atoms with Gasteiger partial charge >= 0.3 is 0 Å². The van der Waals surface area contributed by atoms with Crippen LogP contribution in [-0.2, 0) is 0 Å². The van der Waals surface area contributed by atoms with Gasteiger partial charge in [-0.15, -0.1) is 0 Å². The summed E-state index contributed by atoms with van der Waals surface area (Å²) in [6, 6.07) is 1.32. The van der Waals surface area contributed by atoms with Crippen LogP contribution in [0.4, 0.5) is 0 Å². The number of fused-ring (bicyclic) bond motifs is 1. The maximum absolute atomic E-state index is 11.0. The van der Waals surface area contributed by atoms with Gasteiger partial charge in [0.1, 0.15) is 0 Å². The van der Waals surface area contributed by atoms with Crippen LogP contribution >= 0.6 is 0 Å². The molecule has 0 saturated carbocycles. The Morgan fingerprint density at radius 3 is 2.91 bits per heavy atom. The van der Waals surface area contributed by atoms with Crippen molar-refractivity contribution < 1.29 is 4.42 Å². The molecule has 0 bridgehead atoms. The maximum atomic E-state index is 11.0. The van der Waals surface area contributed by atoms with Gasteiger partial charge in [0.2, 0.25) is 11.1 Å². The summed E-state index contributed by atoms with van der Waals surface area (Å²) in [4.78, 5) is 18.6. The minimum absolute atomic E-state index is 0.167. The van der Waals surface area contributed by atoms with Crippen molar-refractivity contribution in [3.05, 3.63) is 34.9 Å². The maximum Gasteiger partial charge on any atom is 0.249 e. The number of hydrogen-bond donors (Lipinski definition) is 0. The average Bonchev–Trinajstić information content (AvgIpc) is 2.06. The first-order valence-electron chi connectivity index (χ1n) is 3.06. The highest BCUT2D eigenvalue weighted by Gasteiger charge is 1.98. The van der Waals surface area contributed by atoms with E-state index in [1.54, 1.807) is 0 Å². The van der Waals surface area contributed by atoms with Gasteiger partial charge in [-0.05, 0) is 0 Å². The molecule has 0 aliphatic carbocycles. The molecule has 0 aliphatic rings. The Balaban J connectivity index is 3.03. The molecule has 0 aliphatic heterocycles. The summed E-state index contributed by atoms with van der Waals surface area (Å²) in [5.41, 5.74) is 0.384. The van der Waals surface area contributed by atoms with Crippen LogP contribution in [0.5, 0.6) is 0 Å². The lowest BCUT2D eigenvalue weighted by molar-refractivity contribution is 0.587. The number of aromatic nitrogens is 2. The lowest BCUT2D eigenvalue weighted by atomic mass is 10.4. The average molecular weight is 148 g/mol. The Hall–Kier alpha value is -1.71. The van der Waals surface area contributed by atoms with Gasteiger partial charge in [-0.2, -0.15) is 0 Å². The Labute approximate surface area is 61.5 Å². The van der Waals surface area contributed by atoms with E-state index in [2.05, 4.69) is 9.97 Å². The van der Waals surface area contributed by atoms with Crippen molar-refractivity contribution in [1.29, 1.82) is 0 Å². The Morgan fingerprint density at radius 2 is 2.09 bits per heavy atom. The van der Waals surface area contributed by atoms with E-state index in [-0.39, 0.29) is 16.7 Å². The van der Waals surface area contributed by atoms with Crippen LogP contribution in [-0.4, -0.2) is 9.97 Å². The van der Waals surface area contributed by atoms with Crippen LogP contribution in [0.3, 0.4) is 0 Å². The van der Waals surface area contributed by atoms with E-state index < -0.39 is 0 Å². The van der Waals surface area contributed by atoms with Gasteiger partial charge in [0.25, 0.3) is 0 Å². The molecule has 2 heterocycles. The molecule has 0 spiro atoms. The molecular formula is C7H4N2O2. The molecule has 54 valence electrons. The summed E-state index contributed by atoms with van der Waals surface area (Å²) in [5.74, 6) is 0. The quantitative estimate of drug-likeness (QED) is 0.548. The molecule has 0 fully saturated rings. The molecule has 0 unspecified atom stereocenters. The zero-order chi connectivity index (χ0) is 7.68. The number of nitrogens with zero attached hydrogens (tertiary/aromatic N) is 2. The smallest absolute Gasteiger partial charge is 0.249 e. The molecular weight excluding hydrogens is 144 g/mol. The summed E-state index contributed by atoms with van der Waals surface area (Å²) >= 11 is 0. The summed E-state index contributed by atoms with van der Waals surface area (Å²) in [7, 11) is 0. The molecule has 0 N–H and O–H groups in total. The highest BCUT2D eigenvalue weighted by Crippen LogP contribution is 1.99. The predicted molar refractivity (Wildman–Crippen MR) is 38.1 cm³/mol. The van der Waals surface area contributed by atoms with Crippen LogP contribution < -0.4 is 5.43 Å². The third kappa shape index (κ3) is 0.881. The fraction of sp³-hybridized carbons (Fsp3) is 0. The first-order valence-corrected chi connectivity index (χ1v) is 3.06. The SMILES string of the molecule is O=c1ccoc2nccnc12. The monoisotopic (exact) mass is 148 g/mol. The van der Waals surface area contributed by atoms with E-state index in [0.29, 0.717) is 0 Å². The summed E-state index contributed by atoms with van der Waals surface area (Å²) in [6.07, 6.45) is 4.24. The summed E-state index contributed by atoms with van der Waals surface area (Å²) in [5, 5.41) is 0. The molecule has 2 rings (SSSR count). The molecule has 0 radical (unpaired) electrons. The van der Waals surface area contributed by atoms with E-state index >= 15 is 0 Å². The van der Waals surface area contributed by atoms with Crippen molar-refractivity contribution in [2.24, 2.45) is 0 Å². The lowest BCUT2D eigenvalue weighted by Gasteiger charge is -1.89. The van der Waals surface area contributed by atoms with Crippen molar-refractivity contribution in [3.8, 4) is 0 Å². The van der Waals surface area contributed by atoms with E-state index in [4.69, 9.17) is 4.42 Å². The standard InChI is InChI=1S/C7H4N2O2/c10-5-1-4-11-7-6(5)8-2-3-9-7/h1-4H. The normalized spacial score (nSPS) is 10.2.